The topological polar surface area (TPSA) is 0 Å². The summed E-state index contributed by atoms with van der Waals surface area (Å²) in [7, 11) is 0. The molecular weight excluding hydrogens is 232 g/mol. The highest BCUT2D eigenvalue weighted by atomic mass is 32.2. The molecule has 2 heteroatoms. The van der Waals surface area contributed by atoms with Crippen LogP contribution in [0.15, 0.2) is 11.6 Å². The van der Waals surface area contributed by atoms with Gasteiger partial charge in [0, 0.05) is 11.5 Å². The van der Waals surface area contributed by atoms with Crippen LogP contribution in [0.3, 0.4) is 0 Å². The maximum Gasteiger partial charge on any atom is 0.0539 e. The molecule has 0 N–H and O–H groups in total. The number of rotatable bonds is 2. The van der Waals surface area contributed by atoms with Crippen molar-refractivity contribution in [1.29, 1.82) is 0 Å². The summed E-state index contributed by atoms with van der Waals surface area (Å²) < 4.78 is 0.917. The second-order valence-electron chi connectivity index (χ2n) is 5.86. The van der Waals surface area contributed by atoms with Crippen LogP contribution in [0.2, 0.25) is 0 Å². The van der Waals surface area contributed by atoms with Gasteiger partial charge in [-0.3, -0.25) is 0 Å². The van der Waals surface area contributed by atoms with Crippen molar-refractivity contribution in [3.05, 3.63) is 11.6 Å². The standard InChI is InChI=1S/C14H22S2/c1-10(2)9-14-6-5-11(14)3-4-12(14)13-15-7-8-16-13/h9,11-13H,3-8H2,1-2H3/t11-,12+,14-/m0/s1. The van der Waals surface area contributed by atoms with Gasteiger partial charge in [0.1, 0.15) is 0 Å². The molecule has 16 heavy (non-hydrogen) atoms. The number of allylic oxidation sites excluding steroid dienone is 2. The Morgan fingerprint density at radius 2 is 1.88 bits per heavy atom. The van der Waals surface area contributed by atoms with E-state index in [1.54, 1.807) is 5.57 Å². The van der Waals surface area contributed by atoms with Gasteiger partial charge < -0.3 is 0 Å². The zero-order valence-electron chi connectivity index (χ0n) is 10.4. The fraction of sp³-hybridized carbons (Fsp3) is 0.857. The summed E-state index contributed by atoms with van der Waals surface area (Å²) in [6.07, 6.45) is 8.64. The van der Waals surface area contributed by atoms with Gasteiger partial charge in [0.15, 0.2) is 0 Å². The first kappa shape index (κ1) is 11.5. The van der Waals surface area contributed by atoms with Crippen LogP contribution in [0, 0.1) is 17.3 Å². The lowest BCUT2D eigenvalue weighted by Gasteiger charge is -2.48. The summed E-state index contributed by atoms with van der Waals surface area (Å²) in [6.45, 7) is 4.57. The lowest BCUT2D eigenvalue weighted by Crippen LogP contribution is -2.41. The zero-order chi connectivity index (χ0) is 11.2. The molecule has 1 saturated heterocycles. The monoisotopic (exact) mass is 254 g/mol. The maximum absolute atomic E-state index is 2.65. The molecule has 0 bridgehead atoms. The van der Waals surface area contributed by atoms with Crippen LogP contribution in [0.4, 0.5) is 0 Å². The molecule has 0 spiro atoms. The van der Waals surface area contributed by atoms with Gasteiger partial charge in [-0.05, 0) is 56.8 Å². The van der Waals surface area contributed by atoms with E-state index in [0.717, 1.165) is 16.4 Å². The van der Waals surface area contributed by atoms with Crippen molar-refractivity contribution in [2.75, 3.05) is 11.5 Å². The Kier molecular flexibility index (Phi) is 3.08. The Balaban J connectivity index is 1.84. The van der Waals surface area contributed by atoms with Gasteiger partial charge in [0.05, 0.1) is 4.58 Å². The van der Waals surface area contributed by atoms with Gasteiger partial charge in [0.25, 0.3) is 0 Å². The summed E-state index contributed by atoms with van der Waals surface area (Å²) in [5.41, 5.74) is 2.18. The van der Waals surface area contributed by atoms with Crippen molar-refractivity contribution in [2.45, 2.75) is 44.1 Å². The predicted octanol–water partition coefficient (Wildman–Crippen LogP) is 4.57. The minimum absolute atomic E-state index is 0.633. The molecule has 0 aromatic carbocycles. The molecule has 0 radical (unpaired) electrons. The highest BCUT2D eigenvalue weighted by molar-refractivity contribution is 8.20. The summed E-state index contributed by atoms with van der Waals surface area (Å²) in [5.74, 6) is 4.80. The van der Waals surface area contributed by atoms with Crippen molar-refractivity contribution in [1.82, 2.24) is 0 Å². The van der Waals surface area contributed by atoms with Crippen LogP contribution in [0.25, 0.3) is 0 Å². The first-order valence-electron chi connectivity index (χ1n) is 6.62. The van der Waals surface area contributed by atoms with Crippen LogP contribution in [-0.2, 0) is 0 Å². The van der Waals surface area contributed by atoms with Gasteiger partial charge in [0.2, 0.25) is 0 Å². The van der Waals surface area contributed by atoms with Crippen molar-refractivity contribution in [3.8, 4) is 0 Å². The SMILES string of the molecule is CC(C)=C[C@@]12CC[C@@H]1CC[C@@H]2C1SCCS1. The number of thioether (sulfide) groups is 2. The molecular formula is C14H22S2. The lowest BCUT2D eigenvalue weighted by atomic mass is 9.58. The van der Waals surface area contributed by atoms with Crippen LogP contribution in [-0.4, -0.2) is 16.1 Å². The molecule has 0 aromatic heterocycles. The van der Waals surface area contributed by atoms with Crippen LogP contribution in [0.5, 0.6) is 0 Å². The first-order chi connectivity index (χ1) is 7.72. The minimum Gasteiger partial charge on any atom is -0.146 e. The van der Waals surface area contributed by atoms with Crippen molar-refractivity contribution in [3.63, 3.8) is 0 Å². The second kappa shape index (κ2) is 4.28. The first-order valence-corrected chi connectivity index (χ1v) is 8.71. The smallest absolute Gasteiger partial charge is 0.0539 e. The Morgan fingerprint density at radius 3 is 2.44 bits per heavy atom. The highest BCUT2D eigenvalue weighted by Gasteiger charge is 2.56. The van der Waals surface area contributed by atoms with Crippen LogP contribution >= 0.6 is 23.5 Å². The number of fused-ring (bicyclic) bond motifs is 1. The molecule has 1 heterocycles. The molecule has 0 aromatic rings. The maximum atomic E-state index is 2.65. The van der Waals surface area contributed by atoms with Crippen molar-refractivity contribution < 1.29 is 0 Å². The van der Waals surface area contributed by atoms with E-state index in [9.17, 15) is 0 Å². The number of hydrogen-bond donors (Lipinski definition) is 0. The Hall–Kier alpha value is 0.440. The van der Waals surface area contributed by atoms with E-state index in [0.29, 0.717) is 5.41 Å². The lowest BCUT2D eigenvalue weighted by molar-refractivity contribution is 0.0817. The van der Waals surface area contributed by atoms with Crippen LogP contribution in [0.1, 0.15) is 39.5 Å². The van der Waals surface area contributed by atoms with E-state index in [1.807, 2.05) is 0 Å². The Morgan fingerprint density at radius 1 is 1.12 bits per heavy atom. The van der Waals surface area contributed by atoms with E-state index in [4.69, 9.17) is 0 Å². The van der Waals surface area contributed by atoms with Gasteiger partial charge >= 0.3 is 0 Å². The second-order valence-corrected chi connectivity index (χ2v) is 8.66. The predicted molar refractivity (Wildman–Crippen MR) is 76.0 cm³/mol. The Labute approximate surface area is 108 Å². The third-order valence-corrected chi connectivity index (χ3v) is 8.00. The van der Waals surface area contributed by atoms with Gasteiger partial charge in [-0.1, -0.05) is 11.6 Å². The summed E-state index contributed by atoms with van der Waals surface area (Å²) in [5, 5.41) is 0. The summed E-state index contributed by atoms with van der Waals surface area (Å²) in [6, 6.07) is 0. The largest absolute Gasteiger partial charge is 0.146 e. The van der Waals surface area contributed by atoms with Crippen LogP contribution < -0.4 is 0 Å². The van der Waals surface area contributed by atoms with Gasteiger partial charge in [-0.25, -0.2) is 0 Å². The zero-order valence-corrected chi connectivity index (χ0v) is 12.0. The molecule has 3 atom stereocenters. The summed E-state index contributed by atoms with van der Waals surface area (Å²) >= 11 is 4.48. The van der Waals surface area contributed by atoms with Gasteiger partial charge in [-0.15, -0.1) is 23.5 Å². The van der Waals surface area contributed by atoms with E-state index >= 15 is 0 Å². The van der Waals surface area contributed by atoms with Crippen molar-refractivity contribution >= 4 is 23.5 Å². The van der Waals surface area contributed by atoms with E-state index in [-0.39, 0.29) is 0 Å². The molecule has 3 fully saturated rings. The van der Waals surface area contributed by atoms with E-state index < -0.39 is 0 Å². The molecule has 90 valence electrons. The van der Waals surface area contributed by atoms with E-state index in [2.05, 4.69) is 43.4 Å². The fourth-order valence-electron chi connectivity index (χ4n) is 4.07. The molecule has 3 aliphatic rings. The van der Waals surface area contributed by atoms with Crippen molar-refractivity contribution in [2.24, 2.45) is 17.3 Å². The average Bonchev–Trinajstić information content (AvgIpc) is 2.78. The molecule has 1 aliphatic heterocycles. The molecule has 2 saturated carbocycles. The quantitative estimate of drug-likeness (QED) is 0.662. The van der Waals surface area contributed by atoms with E-state index in [1.165, 1.54) is 37.2 Å². The minimum atomic E-state index is 0.633. The normalized spacial score (nSPS) is 42.9. The number of hydrogen-bond acceptors (Lipinski definition) is 2. The molecule has 0 amide bonds. The molecule has 3 rings (SSSR count). The van der Waals surface area contributed by atoms with Gasteiger partial charge in [-0.2, -0.15) is 0 Å². The molecule has 0 nitrogen and oxygen atoms in total. The molecule has 0 unspecified atom stereocenters. The third kappa shape index (κ3) is 1.68. The highest BCUT2D eigenvalue weighted by Crippen LogP contribution is 2.65. The summed E-state index contributed by atoms with van der Waals surface area (Å²) in [4.78, 5) is 0. The molecule has 2 aliphatic carbocycles. The fourth-order valence-corrected chi connectivity index (χ4v) is 7.51. The average molecular weight is 254 g/mol. The Bertz CT molecular complexity index is 300. The third-order valence-electron chi connectivity index (χ3n) is 4.74.